The van der Waals surface area contributed by atoms with E-state index in [2.05, 4.69) is 30.5 Å². The highest BCUT2D eigenvalue weighted by Crippen LogP contribution is 2.37. The van der Waals surface area contributed by atoms with Crippen molar-refractivity contribution in [1.82, 2.24) is 25.1 Å². The first kappa shape index (κ1) is 23.8. The summed E-state index contributed by atoms with van der Waals surface area (Å²) >= 11 is 7.66. The van der Waals surface area contributed by atoms with Crippen LogP contribution in [0.2, 0.25) is 5.02 Å². The summed E-state index contributed by atoms with van der Waals surface area (Å²) in [7, 11) is 1.77. The normalized spacial score (nSPS) is 10.9. The Labute approximate surface area is 226 Å². The van der Waals surface area contributed by atoms with Crippen molar-refractivity contribution < 1.29 is 9.47 Å². The van der Waals surface area contributed by atoms with Crippen LogP contribution in [0.25, 0.3) is 32.6 Å². The standard InChI is InChI=1S/C28H19ClN6O2S/c1-30-28-32-14-12-23(33-28)22-7-4-13-31-26(22)36-18-8-10-19(11-9-18)37-27-21-6-3-2-5-20(21)25(34-35-27)24-15-17(29)16-38-24/h2-16H,1H3,(H,30,32,33). The van der Waals surface area contributed by atoms with Gasteiger partial charge in [-0.15, -0.1) is 21.5 Å². The van der Waals surface area contributed by atoms with E-state index in [1.54, 1.807) is 19.4 Å². The van der Waals surface area contributed by atoms with Gasteiger partial charge >= 0.3 is 0 Å². The minimum atomic E-state index is 0.414. The van der Waals surface area contributed by atoms with Gasteiger partial charge in [0.25, 0.3) is 0 Å². The molecule has 1 N–H and O–H groups in total. The summed E-state index contributed by atoms with van der Waals surface area (Å²) in [5.41, 5.74) is 2.22. The molecule has 6 aromatic rings. The summed E-state index contributed by atoms with van der Waals surface area (Å²) in [5.74, 6) is 2.56. The first-order valence-electron chi connectivity index (χ1n) is 11.6. The second-order valence-electron chi connectivity index (χ2n) is 8.08. The Kier molecular flexibility index (Phi) is 6.51. The van der Waals surface area contributed by atoms with E-state index in [4.69, 9.17) is 21.1 Å². The molecule has 0 fully saturated rings. The highest BCUT2D eigenvalue weighted by Gasteiger charge is 2.15. The average Bonchev–Trinajstić information content (AvgIpc) is 3.40. The fourth-order valence-electron chi connectivity index (χ4n) is 3.87. The topological polar surface area (TPSA) is 94.9 Å². The molecule has 10 heteroatoms. The lowest BCUT2D eigenvalue weighted by atomic mass is 10.1. The Morgan fingerprint density at radius 3 is 2.29 bits per heavy atom. The molecule has 0 bridgehead atoms. The molecule has 0 atom stereocenters. The summed E-state index contributed by atoms with van der Waals surface area (Å²) in [6, 6.07) is 22.5. The van der Waals surface area contributed by atoms with Gasteiger partial charge in [0.2, 0.25) is 17.7 Å². The van der Waals surface area contributed by atoms with Crippen molar-refractivity contribution in [2.45, 2.75) is 0 Å². The maximum absolute atomic E-state index is 6.13. The number of rotatable bonds is 7. The molecule has 2 aromatic carbocycles. The third-order valence-electron chi connectivity index (χ3n) is 5.63. The van der Waals surface area contributed by atoms with Crippen molar-refractivity contribution in [3.63, 3.8) is 0 Å². The number of hydrogen-bond donors (Lipinski definition) is 1. The van der Waals surface area contributed by atoms with Crippen molar-refractivity contribution in [3.8, 4) is 45.1 Å². The summed E-state index contributed by atoms with van der Waals surface area (Å²) < 4.78 is 12.2. The molecule has 38 heavy (non-hydrogen) atoms. The first-order valence-corrected chi connectivity index (χ1v) is 12.9. The number of halogens is 1. The largest absolute Gasteiger partial charge is 0.438 e. The van der Waals surface area contributed by atoms with Crippen molar-refractivity contribution in [2.24, 2.45) is 0 Å². The van der Waals surface area contributed by atoms with E-state index in [1.165, 1.54) is 11.3 Å². The Balaban J connectivity index is 1.25. The fraction of sp³-hybridized carbons (Fsp3) is 0.0357. The van der Waals surface area contributed by atoms with Gasteiger partial charge in [0, 0.05) is 35.6 Å². The summed E-state index contributed by atoms with van der Waals surface area (Å²) in [5, 5.41) is 16.1. The van der Waals surface area contributed by atoms with Gasteiger partial charge in [0.15, 0.2) is 0 Å². The number of nitrogens with zero attached hydrogens (tertiary/aromatic N) is 5. The molecule has 0 amide bonds. The number of benzene rings is 2. The molecule has 0 saturated carbocycles. The van der Waals surface area contributed by atoms with Crippen LogP contribution in [0.4, 0.5) is 5.95 Å². The summed E-state index contributed by atoms with van der Waals surface area (Å²) in [6.45, 7) is 0. The minimum Gasteiger partial charge on any atom is -0.438 e. The Morgan fingerprint density at radius 1 is 0.789 bits per heavy atom. The maximum atomic E-state index is 6.13. The summed E-state index contributed by atoms with van der Waals surface area (Å²) in [6.07, 6.45) is 3.36. The molecule has 6 rings (SSSR count). The van der Waals surface area contributed by atoms with Gasteiger partial charge < -0.3 is 14.8 Å². The van der Waals surface area contributed by atoms with E-state index in [0.29, 0.717) is 39.9 Å². The summed E-state index contributed by atoms with van der Waals surface area (Å²) in [4.78, 5) is 14.0. The Morgan fingerprint density at radius 2 is 1.55 bits per heavy atom. The third-order valence-corrected chi connectivity index (χ3v) is 6.92. The third kappa shape index (κ3) is 4.84. The highest BCUT2D eigenvalue weighted by molar-refractivity contribution is 7.14. The van der Waals surface area contributed by atoms with Crippen LogP contribution in [0.15, 0.2) is 90.6 Å². The smallest absolute Gasteiger partial charge is 0.246 e. The number of anilines is 1. The zero-order valence-corrected chi connectivity index (χ0v) is 21.6. The number of nitrogens with one attached hydrogen (secondary N) is 1. The molecular weight excluding hydrogens is 520 g/mol. The zero-order valence-electron chi connectivity index (χ0n) is 20.0. The molecule has 0 saturated heterocycles. The molecule has 0 radical (unpaired) electrons. The zero-order chi connectivity index (χ0) is 25.9. The second-order valence-corrected chi connectivity index (χ2v) is 9.42. The van der Waals surface area contributed by atoms with Gasteiger partial charge in [-0.1, -0.05) is 29.8 Å². The van der Waals surface area contributed by atoms with Gasteiger partial charge in [0.1, 0.15) is 17.2 Å². The van der Waals surface area contributed by atoms with Gasteiger partial charge in [-0.2, -0.15) is 0 Å². The molecule has 4 aromatic heterocycles. The Bertz CT molecular complexity index is 1740. The van der Waals surface area contributed by atoms with E-state index in [0.717, 1.165) is 26.9 Å². The van der Waals surface area contributed by atoms with Gasteiger partial charge in [-0.05, 0) is 54.6 Å². The van der Waals surface area contributed by atoms with Gasteiger partial charge in [0.05, 0.1) is 21.2 Å². The lowest BCUT2D eigenvalue weighted by Crippen LogP contribution is -1.98. The predicted molar refractivity (Wildman–Crippen MR) is 149 cm³/mol. The molecule has 0 aliphatic heterocycles. The number of hydrogen-bond acceptors (Lipinski definition) is 9. The van der Waals surface area contributed by atoms with Crippen LogP contribution in [-0.2, 0) is 0 Å². The lowest BCUT2D eigenvalue weighted by molar-refractivity contribution is 0.451. The maximum Gasteiger partial charge on any atom is 0.246 e. The number of thiophene rings is 1. The van der Waals surface area contributed by atoms with E-state index in [9.17, 15) is 0 Å². The molecule has 186 valence electrons. The van der Waals surface area contributed by atoms with Crippen LogP contribution in [0.3, 0.4) is 0 Å². The molecule has 4 heterocycles. The molecule has 0 aliphatic rings. The molecular formula is C28H19ClN6O2S. The van der Waals surface area contributed by atoms with E-state index in [-0.39, 0.29) is 0 Å². The molecule has 0 spiro atoms. The number of pyridine rings is 1. The predicted octanol–water partition coefficient (Wildman–Crippen LogP) is 7.49. The first-order chi connectivity index (χ1) is 18.7. The van der Waals surface area contributed by atoms with Crippen LogP contribution >= 0.6 is 22.9 Å². The van der Waals surface area contributed by atoms with Crippen molar-refractivity contribution >= 4 is 39.7 Å². The van der Waals surface area contributed by atoms with Crippen LogP contribution in [0.5, 0.6) is 23.3 Å². The highest BCUT2D eigenvalue weighted by atomic mass is 35.5. The van der Waals surface area contributed by atoms with Gasteiger partial charge in [-0.3, -0.25) is 0 Å². The molecule has 0 unspecified atom stereocenters. The molecule has 8 nitrogen and oxygen atoms in total. The van der Waals surface area contributed by atoms with Crippen LogP contribution in [-0.4, -0.2) is 32.2 Å². The number of ether oxygens (including phenoxy) is 2. The SMILES string of the molecule is CNc1nccc(-c2cccnc2Oc2ccc(Oc3nnc(-c4cc(Cl)cs4)c4ccccc34)cc2)n1. The fourth-order valence-corrected chi connectivity index (χ4v) is 4.94. The lowest BCUT2D eigenvalue weighted by Gasteiger charge is -2.12. The van der Waals surface area contributed by atoms with Crippen molar-refractivity contribution in [1.29, 1.82) is 0 Å². The minimum absolute atomic E-state index is 0.414. The van der Waals surface area contributed by atoms with Crippen LogP contribution in [0, 0.1) is 0 Å². The van der Waals surface area contributed by atoms with Crippen LogP contribution in [0.1, 0.15) is 0 Å². The van der Waals surface area contributed by atoms with E-state index >= 15 is 0 Å². The van der Waals surface area contributed by atoms with Crippen molar-refractivity contribution in [2.75, 3.05) is 12.4 Å². The number of aromatic nitrogens is 5. The monoisotopic (exact) mass is 538 g/mol. The average molecular weight is 539 g/mol. The Hall–Kier alpha value is -4.60. The van der Waals surface area contributed by atoms with E-state index in [1.807, 2.05) is 78.2 Å². The second kappa shape index (κ2) is 10.4. The number of fused-ring (bicyclic) bond motifs is 1. The van der Waals surface area contributed by atoms with Crippen LogP contribution < -0.4 is 14.8 Å². The van der Waals surface area contributed by atoms with Gasteiger partial charge in [-0.25, -0.2) is 15.0 Å². The molecule has 0 aliphatic carbocycles. The van der Waals surface area contributed by atoms with Crippen molar-refractivity contribution in [3.05, 3.63) is 95.6 Å². The quantitative estimate of drug-likeness (QED) is 0.223. The van der Waals surface area contributed by atoms with E-state index < -0.39 is 0 Å².